The van der Waals surface area contributed by atoms with Crippen molar-refractivity contribution in [1.82, 2.24) is 15.3 Å². The Bertz CT molecular complexity index is 572. The van der Waals surface area contributed by atoms with E-state index in [2.05, 4.69) is 15.3 Å². The van der Waals surface area contributed by atoms with Crippen molar-refractivity contribution in [3.8, 4) is 5.75 Å². The van der Waals surface area contributed by atoms with Crippen molar-refractivity contribution in [2.45, 2.75) is 19.4 Å². The van der Waals surface area contributed by atoms with Crippen LogP contribution in [0.25, 0.3) is 0 Å². The minimum atomic E-state index is 0.0166. The molecule has 2 rings (SSSR count). The Morgan fingerprint density at radius 1 is 1.30 bits per heavy atom. The zero-order valence-corrected chi connectivity index (χ0v) is 12.6. The van der Waals surface area contributed by atoms with E-state index in [1.165, 1.54) is 0 Å². The van der Waals surface area contributed by atoms with Gasteiger partial charge in [-0.1, -0.05) is 11.6 Å². The number of hydrogen-bond acceptors (Lipinski definition) is 4. The Balaban J connectivity index is 2.26. The predicted octanol–water partition coefficient (Wildman–Crippen LogP) is 2.95. The molecule has 0 saturated carbocycles. The van der Waals surface area contributed by atoms with E-state index in [0.717, 1.165) is 22.7 Å². The molecule has 2 aromatic rings. The van der Waals surface area contributed by atoms with Crippen LogP contribution in [0.1, 0.15) is 23.0 Å². The van der Waals surface area contributed by atoms with Gasteiger partial charge in [0.15, 0.2) is 0 Å². The molecular weight excluding hydrogens is 274 g/mol. The van der Waals surface area contributed by atoms with Gasteiger partial charge in [0.05, 0.1) is 13.2 Å². The zero-order valence-electron chi connectivity index (χ0n) is 11.9. The van der Waals surface area contributed by atoms with Crippen molar-refractivity contribution in [3.63, 3.8) is 0 Å². The normalized spacial score (nSPS) is 12.2. The van der Waals surface area contributed by atoms with E-state index in [-0.39, 0.29) is 6.04 Å². The number of aryl methyl sites for hydroxylation is 1. The zero-order chi connectivity index (χ0) is 14.5. The SMILES string of the molecule is CNC(Cc1cc(Cl)ccc1OC)c1ncc(C)cn1. The van der Waals surface area contributed by atoms with Crippen LogP contribution in [-0.2, 0) is 6.42 Å². The topological polar surface area (TPSA) is 47.0 Å². The molecular formula is C15H18ClN3O. The molecule has 20 heavy (non-hydrogen) atoms. The van der Waals surface area contributed by atoms with E-state index in [0.29, 0.717) is 11.4 Å². The van der Waals surface area contributed by atoms with E-state index < -0.39 is 0 Å². The van der Waals surface area contributed by atoms with Crippen LogP contribution in [0.3, 0.4) is 0 Å². The average molecular weight is 292 g/mol. The monoisotopic (exact) mass is 291 g/mol. The number of hydrogen-bond donors (Lipinski definition) is 1. The molecule has 0 spiro atoms. The fraction of sp³-hybridized carbons (Fsp3) is 0.333. The maximum Gasteiger partial charge on any atom is 0.145 e. The molecule has 1 heterocycles. The van der Waals surface area contributed by atoms with Crippen LogP contribution < -0.4 is 10.1 Å². The number of aromatic nitrogens is 2. The van der Waals surface area contributed by atoms with Crippen LogP contribution in [0.15, 0.2) is 30.6 Å². The molecule has 0 saturated heterocycles. The highest BCUT2D eigenvalue weighted by atomic mass is 35.5. The number of nitrogens with one attached hydrogen (secondary N) is 1. The van der Waals surface area contributed by atoms with Crippen LogP contribution in [0.5, 0.6) is 5.75 Å². The molecule has 0 fully saturated rings. The van der Waals surface area contributed by atoms with Crippen LogP contribution in [-0.4, -0.2) is 24.1 Å². The maximum atomic E-state index is 6.06. The maximum absolute atomic E-state index is 6.06. The number of rotatable bonds is 5. The van der Waals surface area contributed by atoms with E-state index in [1.54, 1.807) is 7.11 Å². The summed E-state index contributed by atoms with van der Waals surface area (Å²) in [6.07, 6.45) is 4.35. The molecule has 0 aliphatic carbocycles. The van der Waals surface area contributed by atoms with Gasteiger partial charge in [0.25, 0.3) is 0 Å². The quantitative estimate of drug-likeness (QED) is 0.920. The number of likely N-dealkylation sites (N-methyl/N-ethyl adjacent to an activating group) is 1. The van der Waals surface area contributed by atoms with Gasteiger partial charge in [-0.05, 0) is 49.7 Å². The molecule has 0 bridgehead atoms. The molecule has 0 amide bonds. The van der Waals surface area contributed by atoms with E-state index in [1.807, 2.05) is 44.6 Å². The van der Waals surface area contributed by atoms with E-state index >= 15 is 0 Å². The lowest BCUT2D eigenvalue weighted by atomic mass is 10.0. The van der Waals surface area contributed by atoms with Gasteiger partial charge in [0.1, 0.15) is 11.6 Å². The van der Waals surface area contributed by atoms with Crippen molar-refractivity contribution in [2.75, 3.05) is 14.2 Å². The first-order valence-electron chi connectivity index (χ1n) is 6.42. The summed E-state index contributed by atoms with van der Waals surface area (Å²) >= 11 is 6.06. The summed E-state index contributed by atoms with van der Waals surface area (Å²) < 4.78 is 5.37. The molecule has 5 heteroatoms. The fourth-order valence-corrected chi connectivity index (χ4v) is 2.23. The molecule has 1 atom stereocenters. The van der Waals surface area contributed by atoms with Gasteiger partial charge in [-0.15, -0.1) is 0 Å². The highest BCUT2D eigenvalue weighted by Crippen LogP contribution is 2.26. The molecule has 0 aliphatic rings. The second-order valence-electron chi connectivity index (χ2n) is 4.62. The molecule has 1 N–H and O–H groups in total. The third-order valence-electron chi connectivity index (χ3n) is 3.13. The summed E-state index contributed by atoms with van der Waals surface area (Å²) in [4.78, 5) is 8.75. The van der Waals surface area contributed by atoms with Crippen molar-refractivity contribution in [1.29, 1.82) is 0 Å². The summed E-state index contributed by atoms with van der Waals surface area (Å²) in [5, 5.41) is 3.93. The van der Waals surface area contributed by atoms with Gasteiger partial charge in [-0.25, -0.2) is 9.97 Å². The third-order valence-corrected chi connectivity index (χ3v) is 3.36. The lowest BCUT2D eigenvalue weighted by Gasteiger charge is -2.17. The second-order valence-corrected chi connectivity index (χ2v) is 5.06. The Morgan fingerprint density at radius 2 is 2.00 bits per heavy atom. The van der Waals surface area contributed by atoms with Crippen LogP contribution in [0.4, 0.5) is 0 Å². The smallest absolute Gasteiger partial charge is 0.145 e. The highest BCUT2D eigenvalue weighted by molar-refractivity contribution is 6.30. The van der Waals surface area contributed by atoms with Crippen LogP contribution in [0, 0.1) is 6.92 Å². The third kappa shape index (κ3) is 3.46. The molecule has 1 aromatic carbocycles. The lowest BCUT2D eigenvalue weighted by Crippen LogP contribution is -2.21. The Kier molecular flexibility index (Phi) is 4.93. The lowest BCUT2D eigenvalue weighted by molar-refractivity contribution is 0.405. The van der Waals surface area contributed by atoms with Crippen LogP contribution >= 0.6 is 11.6 Å². The second kappa shape index (κ2) is 6.68. The van der Waals surface area contributed by atoms with Crippen molar-refractivity contribution < 1.29 is 4.74 Å². The Labute approximate surface area is 124 Å². The Morgan fingerprint density at radius 3 is 2.60 bits per heavy atom. The Hall–Kier alpha value is -1.65. The first-order chi connectivity index (χ1) is 9.63. The first kappa shape index (κ1) is 14.8. The van der Waals surface area contributed by atoms with Crippen LogP contribution in [0.2, 0.25) is 5.02 Å². The minimum Gasteiger partial charge on any atom is -0.496 e. The predicted molar refractivity (Wildman–Crippen MR) is 80.3 cm³/mol. The molecule has 4 nitrogen and oxygen atoms in total. The fourth-order valence-electron chi connectivity index (χ4n) is 2.03. The molecule has 106 valence electrons. The van der Waals surface area contributed by atoms with Gasteiger partial charge in [0.2, 0.25) is 0 Å². The number of nitrogens with zero attached hydrogens (tertiary/aromatic N) is 2. The number of benzene rings is 1. The van der Waals surface area contributed by atoms with Gasteiger partial charge >= 0.3 is 0 Å². The largest absolute Gasteiger partial charge is 0.496 e. The number of methoxy groups -OCH3 is 1. The summed E-state index contributed by atoms with van der Waals surface area (Å²) in [6.45, 7) is 1.97. The molecule has 1 unspecified atom stereocenters. The van der Waals surface area contributed by atoms with E-state index in [4.69, 9.17) is 16.3 Å². The molecule has 1 aromatic heterocycles. The van der Waals surface area contributed by atoms with Gasteiger partial charge in [-0.2, -0.15) is 0 Å². The standard InChI is InChI=1S/C15H18ClN3O/c1-10-8-18-15(19-9-10)13(17-2)7-11-6-12(16)4-5-14(11)20-3/h4-6,8-9,13,17H,7H2,1-3H3. The van der Waals surface area contributed by atoms with Gasteiger partial charge < -0.3 is 10.1 Å². The summed E-state index contributed by atoms with van der Waals surface area (Å²) in [6, 6.07) is 5.63. The summed E-state index contributed by atoms with van der Waals surface area (Å²) in [7, 11) is 3.55. The van der Waals surface area contributed by atoms with Gasteiger partial charge in [-0.3, -0.25) is 0 Å². The van der Waals surface area contributed by atoms with E-state index in [9.17, 15) is 0 Å². The molecule has 0 aliphatic heterocycles. The summed E-state index contributed by atoms with van der Waals surface area (Å²) in [5.41, 5.74) is 2.08. The number of halogens is 1. The highest BCUT2D eigenvalue weighted by Gasteiger charge is 2.16. The number of ether oxygens (including phenoxy) is 1. The van der Waals surface area contributed by atoms with Gasteiger partial charge in [0, 0.05) is 17.4 Å². The van der Waals surface area contributed by atoms with Crippen molar-refractivity contribution in [3.05, 3.63) is 52.6 Å². The van der Waals surface area contributed by atoms with Crippen molar-refractivity contribution >= 4 is 11.6 Å². The first-order valence-corrected chi connectivity index (χ1v) is 6.80. The van der Waals surface area contributed by atoms with Crippen molar-refractivity contribution in [2.24, 2.45) is 0 Å². The molecule has 0 radical (unpaired) electrons. The average Bonchev–Trinajstić information content (AvgIpc) is 2.46. The minimum absolute atomic E-state index is 0.0166. The summed E-state index contributed by atoms with van der Waals surface area (Å²) in [5.74, 6) is 1.59.